The second-order valence-electron chi connectivity index (χ2n) is 11.2. The average molecular weight is 560 g/mol. The molecule has 0 amide bonds. The van der Waals surface area contributed by atoms with E-state index in [2.05, 4.69) is 193 Å². The highest BCUT2D eigenvalue weighted by molar-refractivity contribution is 5.90. The first-order chi connectivity index (χ1) is 21.8. The molecule has 0 N–H and O–H groups in total. The highest BCUT2D eigenvalue weighted by atomic mass is 15.1. The molecule has 0 fully saturated rings. The Morgan fingerprint density at radius 3 is 1.73 bits per heavy atom. The van der Waals surface area contributed by atoms with Crippen molar-refractivity contribution >= 4 is 27.8 Å². The van der Waals surface area contributed by atoms with Crippen LogP contribution < -0.4 is 4.90 Å². The summed E-state index contributed by atoms with van der Waals surface area (Å²) in [5, 5.41) is 2.42. The topological polar surface area (TPSA) is 3.24 Å². The summed E-state index contributed by atoms with van der Waals surface area (Å²) in [5.74, 6) is 7.48. The van der Waals surface area contributed by atoms with Gasteiger partial charge in [0.15, 0.2) is 0 Å². The molecule has 0 spiro atoms. The van der Waals surface area contributed by atoms with Crippen molar-refractivity contribution in [2.45, 2.75) is 5.41 Å². The van der Waals surface area contributed by atoms with E-state index < -0.39 is 5.41 Å². The molecule has 0 aromatic heterocycles. The van der Waals surface area contributed by atoms with Crippen LogP contribution in [0.2, 0.25) is 0 Å². The number of para-hydroxylation sites is 2. The first kappa shape index (κ1) is 25.8. The molecule has 44 heavy (non-hydrogen) atoms. The molecule has 1 unspecified atom stereocenters. The quantitative estimate of drug-likeness (QED) is 0.194. The van der Waals surface area contributed by atoms with Gasteiger partial charge in [0.25, 0.3) is 0 Å². The molecule has 206 valence electrons. The van der Waals surface area contributed by atoms with Gasteiger partial charge in [0.05, 0.1) is 0 Å². The summed E-state index contributed by atoms with van der Waals surface area (Å²) in [6, 6.07) is 62.5. The van der Waals surface area contributed by atoms with E-state index in [0.29, 0.717) is 0 Å². The molecular formula is C43H29N. The molecule has 1 heteroatoms. The Morgan fingerprint density at radius 1 is 0.409 bits per heavy atom. The molecule has 0 bridgehead atoms. The lowest BCUT2D eigenvalue weighted by molar-refractivity contribution is 0.837. The van der Waals surface area contributed by atoms with E-state index in [0.717, 1.165) is 22.6 Å². The number of rotatable bonds is 4. The van der Waals surface area contributed by atoms with E-state index >= 15 is 0 Å². The van der Waals surface area contributed by atoms with Gasteiger partial charge in [0.1, 0.15) is 5.41 Å². The second kappa shape index (κ2) is 10.8. The van der Waals surface area contributed by atoms with E-state index in [1.165, 1.54) is 38.6 Å². The van der Waals surface area contributed by atoms with Gasteiger partial charge in [-0.1, -0.05) is 139 Å². The fourth-order valence-electron chi connectivity index (χ4n) is 6.65. The van der Waals surface area contributed by atoms with Gasteiger partial charge in [-0.15, -0.1) is 0 Å². The number of fused-ring (bicyclic) bond motifs is 4. The van der Waals surface area contributed by atoms with Crippen molar-refractivity contribution in [3.05, 3.63) is 198 Å². The number of benzene rings is 7. The fraction of sp³-hybridized carbons (Fsp3) is 0.0233. The van der Waals surface area contributed by atoms with Gasteiger partial charge >= 0.3 is 0 Å². The molecule has 0 saturated heterocycles. The van der Waals surface area contributed by atoms with Crippen molar-refractivity contribution in [3.63, 3.8) is 0 Å². The third kappa shape index (κ3) is 4.28. The monoisotopic (exact) mass is 559 g/mol. The Labute approximate surface area is 258 Å². The predicted molar refractivity (Wildman–Crippen MR) is 184 cm³/mol. The molecule has 7 aromatic rings. The molecule has 7 aromatic carbocycles. The highest BCUT2D eigenvalue weighted by Gasteiger charge is 2.43. The van der Waals surface area contributed by atoms with Crippen molar-refractivity contribution in [2.75, 3.05) is 4.90 Å². The Morgan fingerprint density at radius 2 is 1.00 bits per heavy atom. The minimum absolute atomic E-state index is 0.609. The Balaban J connectivity index is 1.36. The van der Waals surface area contributed by atoms with Crippen LogP contribution in [-0.4, -0.2) is 0 Å². The van der Waals surface area contributed by atoms with Gasteiger partial charge in [-0.2, -0.15) is 0 Å². The van der Waals surface area contributed by atoms with Crippen LogP contribution in [0.3, 0.4) is 0 Å². The van der Waals surface area contributed by atoms with Crippen LogP contribution in [-0.2, 0) is 5.41 Å². The van der Waals surface area contributed by atoms with Crippen molar-refractivity contribution in [2.24, 2.45) is 0 Å². The van der Waals surface area contributed by atoms with Crippen LogP contribution in [0.25, 0.3) is 21.9 Å². The van der Waals surface area contributed by atoms with Gasteiger partial charge in [-0.25, -0.2) is 0 Å². The number of nitrogens with zero attached hydrogens (tertiary/aromatic N) is 1. The zero-order valence-electron chi connectivity index (χ0n) is 24.2. The molecule has 0 radical (unpaired) electrons. The lowest BCUT2D eigenvalue weighted by Crippen LogP contribution is -2.25. The standard InChI is InChI=1S/C43H29N/c1-4-16-35(17-5-1)43(29-28-32-24-25-33-14-10-11-15-34(33)30-32)41-23-13-12-22-39(41)40-31-38(26-27-42(40)43)44(36-18-6-2-7-19-36)37-20-8-3-9-21-37/h1-27,30-31H. The lowest BCUT2D eigenvalue weighted by Gasteiger charge is -2.29. The van der Waals surface area contributed by atoms with E-state index in [-0.39, 0.29) is 0 Å². The van der Waals surface area contributed by atoms with Crippen LogP contribution in [0.4, 0.5) is 17.1 Å². The maximum atomic E-state index is 3.85. The van der Waals surface area contributed by atoms with Gasteiger partial charge in [-0.3, -0.25) is 0 Å². The molecule has 0 aliphatic heterocycles. The minimum atomic E-state index is -0.609. The summed E-state index contributed by atoms with van der Waals surface area (Å²) in [5.41, 5.74) is 9.81. The van der Waals surface area contributed by atoms with Crippen LogP contribution in [0.15, 0.2) is 176 Å². The highest BCUT2D eigenvalue weighted by Crippen LogP contribution is 2.53. The summed E-state index contributed by atoms with van der Waals surface area (Å²) in [7, 11) is 0. The summed E-state index contributed by atoms with van der Waals surface area (Å²) in [4.78, 5) is 2.33. The molecule has 0 saturated carbocycles. The number of hydrogen-bond donors (Lipinski definition) is 0. The first-order valence-corrected chi connectivity index (χ1v) is 15.0. The van der Waals surface area contributed by atoms with Gasteiger partial charge in [0, 0.05) is 22.6 Å². The minimum Gasteiger partial charge on any atom is -0.310 e. The second-order valence-corrected chi connectivity index (χ2v) is 11.2. The van der Waals surface area contributed by atoms with E-state index in [9.17, 15) is 0 Å². The van der Waals surface area contributed by atoms with Crippen LogP contribution >= 0.6 is 0 Å². The van der Waals surface area contributed by atoms with Crippen LogP contribution in [0, 0.1) is 11.8 Å². The van der Waals surface area contributed by atoms with E-state index in [1.807, 2.05) is 0 Å². The zero-order chi connectivity index (χ0) is 29.3. The summed E-state index contributed by atoms with van der Waals surface area (Å²) in [6.45, 7) is 0. The summed E-state index contributed by atoms with van der Waals surface area (Å²) >= 11 is 0. The molecule has 1 nitrogen and oxygen atoms in total. The fourth-order valence-corrected chi connectivity index (χ4v) is 6.65. The third-order valence-electron chi connectivity index (χ3n) is 8.67. The van der Waals surface area contributed by atoms with E-state index in [1.54, 1.807) is 0 Å². The summed E-state index contributed by atoms with van der Waals surface area (Å²) < 4.78 is 0. The van der Waals surface area contributed by atoms with Crippen molar-refractivity contribution in [3.8, 4) is 23.0 Å². The molecule has 1 atom stereocenters. The third-order valence-corrected chi connectivity index (χ3v) is 8.67. The maximum Gasteiger partial charge on any atom is 0.108 e. The van der Waals surface area contributed by atoms with E-state index in [4.69, 9.17) is 0 Å². The van der Waals surface area contributed by atoms with Crippen molar-refractivity contribution in [1.29, 1.82) is 0 Å². The summed E-state index contributed by atoms with van der Waals surface area (Å²) in [6.07, 6.45) is 0. The smallest absolute Gasteiger partial charge is 0.108 e. The Bertz CT molecular complexity index is 2130. The Hall–Kier alpha value is -5.84. The van der Waals surface area contributed by atoms with Crippen molar-refractivity contribution in [1.82, 2.24) is 0 Å². The van der Waals surface area contributed by atoms with Crippen molar-refractivity contribution < 1.29 is 0 Å². The van der Waals surface area contributed by atoms with Gasteiger partial charge in [-0.05, 0) is 87.1 Å². The largest absolute Gasteiger partial charge is 0.310 e. The SMILES string of the molecule is C(#CC1(c2ccccc2)c2ccccc2-c2cc(N(c3ccccc3)c3ccccc3)ccc21)c1ccc2ccccc2c1. The first-order valence-electron chi connectivity index (χ1n) is 15.0. The lowest BCUT2D eigenvalue weighted by atomic mass is 9.73. The average Bonchev–Trinajstić information content (AvgIpc) is 3.38. The predicted octanol–water partition coefficient (Wildman–Crippen LogP) is 10.7. The molecule has 8 rings (SSSR count). The molecule has 0 heterocycles. The molecule has 1 aliphatic carbocycles. The molecular weight excluding hydrogens is 530 g/mol. The zero-order valence-corrected chi connectivity index (χ0v) is 24.2. The normalized spacial score (nSPS) is 14.7. The Kier molecular flexibility index (Phi) is 6.33. The van der Waals surface area contributed by atoms with Gasteiger partial charge < -0.3 is 4.90 Å². The van der Waals surface area contributed by atoms with Crippen LogP contribution in [0.5, 0.6) is 0 Å². The maximum absolute atomic E-state index is 3.85. The number of hydrogen-bond acceptors (Lipinski definition) is 1. The number of anilines is 3. The van der Waals surface area contributed by atoms with Gasteiger partial charge in [0.2, 0.25) is 0 Å². The van der Waals surface area contributed by atoms with Crippen LogP contribution in [0.1, 0.15) is 22.3 Å². The molecule has 1 aliphatic rings.